The van der Waals surface area contributed by atoms with Crippen LogP contribution < -0.4 is 0 Å². The van der Waals surface area contributed by atoms with Gasteiger partial charge in [-0.2, -0.15) is 0 Å². The average Bonchev–Trinajstić information content (AvgIpc) is 1.94. The van der Waals surface area contributed by atoms with Gasteiger partial charge in [-0.3, -0.25) is 4.79 Å². The number of rotatable bonds is 1. The van der Waals surface area contributed by atoms with Crippen molar-refractivity contribution in [2.24, 2.45) is 0 Å². The molecule has 4 heteroatoms. The Kier molecular flexibility index (Phi) is 1.76. The van der Waals surface area contributed by atoms with Gasteiger partial charge in [0.05, 0.1) is 0 Å². The molecule has 1 aliphatic carbocycles. The molecule has 0 bridgehead atoms. The summed E-state index contributed by atoms with van der Waals surface area (Å²) in [5.74, 6) is -2.05. The summed E-state index contributed by atoms with van der Waals surface area (Å²) < 4.78 is 0. The summed E-state index contributed by atoms with van der Waals surface area (Å²) in [5, 5.41) is 17.2. The van der Waals surface area contributed by atoms with Gasteiger partial charge in [0.15, 0.2) is 5.76 Å². The van der Waals surface area contributed by atoms with Gasteiger partial charge in [-0.15, -0.1) is 0 Å². The van der Waals surface area contributed by atoms with E-state index in [1.165, 1.54) is 6.08 Å². The van der Waals surface area contributed by atoms with Crippen LogP contribution in [0.15, 0.2) is 23.5 Å². The largest absolute Gasteiger partial charge is 0.504 e. The maximum atomic E-state index is 10.7. The Bertz CT molecular complexity index is 272. The molecule has 2 N–H and O–H groups in total. The second-order valence-electron chi connectivity index (χ2n) is 2.15. The Morgan fingerprint density at radius 3 is 2.55 bits per heavy atom. The minimum Gasteiger partial charge on any atom is -0.504 e. The molecule has 0 aromatic heterocycles. The lowest BCUT2D eigenvalue weighted by Crippen LogP contribution is -2.12. The zero-order chi connectivity index (χ0) is 8.43. The first-order chi connectivity index (χ1) is 5.11. The molecular weight excluding hydrogens is 148 g/mol. The van der Waals surface area contributed by atoms with Crippen molar-refractivity contribution in [1.82, 2.24) is 0 Å². The Morgan fingerprint density at radius 1 is 1.45 bits per heavy atom. The summed E-state index contributed by atoms with van der Waals surface area (Å²) in [6.07, 6.45) is 2.09. The van der Waals surface area contributed by atoms with Crippen molar-refractivity contribution < 1.29 is 19.8 Å². The fraction of sp³-hybridized carbons (Fsp3) is 0.143. The van der Waals surface area contributed by atoms with Crippen LogP contribution in [0.25, 0.3) is 0 Å². The molecule has 0 spiro atoms. The van der Waals surface area contributed by atoms with Gasteiger partial charge in [0, 0.05) is 12.0 Å². The van der Waals surface area contributed by atoms with Crippen LogP contribution in [0.1, 0.15) is 6.42 Å². The van der Waals surface area contributed by atoms with E-state index in [4.69, 9.17) is 10.2 Å². The molecule has 0 unspecified atom stereocenters. The monoisotopic (exact) mass is 154 g/mol. The van der Waals surface area contributed by atoms with Crippen LogP contribution in [0.5, 0.6) is 0 Å². The zero-order valence-electron chi connectivity index (χ0n) is 5.57. The first-order valence-corrected chi connectivity index (χ1v) is 2.97. The lowest BCUT2D eigenvalue weighted by Gasteiger charge is -2.04. The Morgan fingerprint density at radius 2 is 2.09 bits per heavy atom. The van der Waals surface area contributed by atoms with Gasteiger partial charge in [0.2, 0.25) is 5.78 Å². The summed E-state index contributed by atoms with van der Waals surface area (Å²) in [6.45, 7) is 0. The zero-order valence-corrected chi connectivity index (χ0v) is 5.57. The number of allylic oxidation sites excluding steroid dienone is 3. The van der Waals surface area contributed by atoms with Crippen molar-refractivity contribution in [2.45, 2.75) is 6.42 Å². The molecule has 0 saturated heterocycles. The number of Topliss-reactive ketones (excluding diaryl/α,β-unsaturated/α-hetero) is 1. The summed E-state index contributed by atoms with van der Waals surface area (Å²) >= 11 is 0. The molecule has 4 nitrogen and oxygen atoms in total. The number of hydrogen-bond acceptors (Lipinski definition) is 3. The minimum absolute atomic E-state index is 0.00722. The molecular formula is C7H6O4. The molecule has 58 valence electrons. The Balaban J connectivity index is 2.90. The second-order valence-corrected chi connectivity index (χ2v) is 2.15. The smallest absolute Gasteiger partial charge is 0.332 e. The number of ketones is 1. The Labute approximate surface area is 62.5 Å². The molecule has 1 aliphatic rings. The number of carboxylic acid groups (broad SMARTS) is 1. The topological polar surface area (TPSA) is 74.6 Å². The molecule has 0 atom stereocenters. The van der Waals surface area contributed by atoms with Crippen molar-refractivity contribution in [2.75, 3.05) is 0 Å². The molecule has 0 aromatic rings. The van der Waals surface area contributed by atoms with Gasteiger partial charge in [-0.1, -0.05) is 0 Å². The normalized spacial score (nSPS) is 17.3. The van der Waals surface area contributed by atoms with Crippen molar-refractivity contribution in [1.29, 1.82) is 0 Å². The quantitative estimate of drug-likeness (QED) is 0.573. The van der Waals surface area contributed by atoms with Crippen LogP contribution in [-0.2, 0) is 9.59 Å². The Hall–Kier alpha value is -1.58. The fourth-order valence-corrected chi connectivity index (χ4v) is 0.742. The number of aliphatic carboxylic acids is 1. The maximum Gasteiger partial charge on any atom is 0.332 e. The molecule has 11 heavy (non-hydrogen) atoms. The highest BCUT2D eigenvalue weighted by atomic mass is 16.4. The van der Waals surface area contributed by atoms with Crippen LogP contribution >= 0.6 is 0 Å². The van der Waals surface area contributed by atoms with Crippen LogP contribution in [0.3, 0.4) is 0 Å². The van der Waals surface area contributed by atoms with E-state index < -0.39 is 11.8 Å². The SMILES string of the molecule is O=C(O)C1=CC=C(O)C(=O)C1. The standard InChI is InChI=1S/C7H6O4/c8-5-2-1-4(7(10)11)3-6(5)9/h1-2,8H,3H2,(H,10,11). The van der Waals surface area contributed by atoms with Gasteiger partial charge >= 0.3 is 5.97 Å². The molecule has 0 radical (unpaired) electrons. The van der Waals surface area contributed by atoms with Crippen LogP contribution in [0.4, 0.5) is 0 Å². The van der Waals surface area contributed by atoms with Crippen molar-refractivity contribution in [3.05, 3.63) is 23.5 Å². The van der Waals surface area contributed by atoms with Crippen molar-refractivity contribution in [3.8, 4) is 0 Å². The molecule has 0 aromatic carbocycles. The third-order valence-electron chi connectivity index (χ3n) is 1.35. The number of carboxylic acids is 1. The average molecular weight is 154 g/mol. The summed E-state index contributed by atoms with van der Waals surface area (Å²) in [7, 11) is 0. The van der Waals surface area contributed by atoms with Gasteiger partial charge in [0.25, 0.3) is 0 Å². The number of carbonyl (C=O) groups is 2. The lowest BCUT2D eigenvalue weighted by atomic mass is 10.0. The second kappa shape index (κ2) is 2.57. The third-order valence-corrected chi connectivity index (χ3v) is 1.35. The number of aliphatic hydroxyl groups excluding tert-OH is 1. The van der Waals surface area contributed by atoms with E-state index in [1.54, 1.807) is 0 Å². The third kappa shape index (κ3) is 1.46. The maximum absolute atomic E-state index is 10.7. The highest BCUT2D eigenvalue weighted by molar-refractivity contribution is 6.03. The van der Waals surface area contributed by atoms with E-state index in [0.717, 1.165) is 6.08 Å². The van der Waals surface area contributed by atoms with E-state index in [9.17, 15) is 9.59 Å². The molecule has 0 amide bonds. The first kappa shape index (κ1) is 7.53. The summed E-state index contributed by atoms with van der Waals surface area (Å²) in [5.41, 5.74) is 0.00722. The number of carbonyl (C=O) groups excluding carboxylic acids is 1. The van der Waals surface area contributed by atoms with E-state index >= 15 is 0 Å². The van der Waals surface area contributed by atoms with E-state index in [2.05, 4.69) is 0 Å². The van der Waals surface area contributed by atoms with Gasteiger partial charge < -0.3 is 10.2 Å². The van der Waals surface area contributed by atoms with Crippen LogP contribution in [0, 0.1) is 0 Å². The van der Waals surface area contributed by atoms with Gasteiger partial charge in [-0.25, -0.2) is 4.79 Å². The van der Waals surface area contributed by atoms with E-state index in [1.807, 2.05) is 0 Å². The number of aliphatic hydroxyl groups is 1. The molecule has 0 heterocycles. The fourth-order valence-electron chi connectivity index (χ4n) is 0.742. The van der Waals surface area contributed by atoms with E-state index in [-0.39, 0.29) is 17.8 Å². The number of hydrogen-bond donors (Lipinski definition) is 2. The molecule has 0 fully saturated rings. The van der Waals surface area contributed by atoms with Crippen LogP contribution in [0.2, 0.25) is 0 Å². The predicted molar refractivity (Wildman–Crippen MR) is 36.1 cm³/mol. The van der Waals surface area contributed by atoms with Gasteiger partial charge in [0.1, 0.15) is 0 Å². The summed E-state index contributed by atoms with van der Waals surface area (Å²) in [6, 6.07) is 0. The van der Waals surface area contributed by atoms with Gasteiger partial charge in [-0.05, 0) is 12.2 Å². The molecule has 0 aliphatic heterocycles. The van der Waals surface area contributed by atoms with Crippen LogP contribution in [-0.4, -0.2) is 22.0 Å². The molecule has 0 saturated carbocycles. The highest BCUT2D eigenvalue weighted by Gasteiger charge is 2.18. The minimum atomic E-state index is -1.12. The first-order valence-electron chi connectivity index (χ1n) is 2.97. The van der Waals surface area contributed by atoms with Crippen molar-refractivity contribution in [3.63, 3.8) is 0 Å². The predicted octanol–water partition coefficient (Wildman–Crippen LogP) is 0.412. The van der Waals surface area contributed by atoms with Crippen molar-refractivity contribution >= 4 is 11.8 Å². The van der Waals surface area contributed by atoms with E-state index in [0.29, 0.717) is 0 Å². The highest BCUT2D eigenvalue weighted by Crippen LogP contribution is 2.12. The summed E-state index contributed by atoms with van der Waals surface area (Å²) in [4.78, 5) is 21.0. The molecule has 1 rings (SSSR count). The lowest BCUT2D eigenvalue weighted by molar-refractivity contribution is -0.133.